The normalized spacial score (nSPS) is 14.6. The highest BCUT2D eigenvalue weighted by Gasteiger charge is 2.28. The molecule has 0 N–H and O–H groups in total. The number of aromatic nitrogens is 2. The van der Waals surface area contributed by atoms with E-state index in [0.29, 0.717) is 37.4 Å². The van der Waals surface area contributed by atoms with Gasteiger partial charge in [-0.2, -0.15) is 5.10 Å². The molecule has 0 unspecified atom stereocenters. The van der Waals surface area contributed by atoms with E-state index in [1.807, 2.05) is 78.0 Å². The van der Waals surface area contributed by atoms with Crippen molar-refractivity contribution in [3.05, 3.63) is 82.1 Å². The molecule has 2 aromatic carbocycles. The third-order valence-corrected chi connectivity index (χ3v) is 6.37. The van der Waals surface area contributed by atoms with Crippen LogP contribution in [0.15, 0.2) is 54.6 Å². The molecule has 5 nitrogen and oxygen atoms in total. The fourth-order valence-electron chi connectivity index (χ4n) is 4.26. The van der Waals surface area contributed by atoms with Crippen LogP contribution in [0.4, 0.5) is 0 Å². The molecule has 2 heterocycles. The topological polar surface area (TPSA) is 55.2 Å². The van der Waals surface area contributed by atoms with Crippen LogP contribution >= 0.6 is 11.6 Å². The van der Waals surface area contributed by atoms with Crippen LogP contribution in [0.1, 0.15) is 40.2 Å². The van der Waals surface area contributed by atoms with E-state index in [1.54, 1.807) is 0 Å². The lowest BCUT2D eigenvalue weighted by Crippen LogP contribution is -2.41. The molecule has 0 saturated carbocycles. The highest BCUT2D eigenvalue weighted by atomic mass is 35.5. The largest absolute Gasteiger partial charge is 0.342 e. The van der Waals surface area contributed by atoms with E-state index in [4.69, 9.17) is 11.6 Å². The Bertz CT molecular complexity index is 1080. The summed E-state index contributed by atoms with van der Waals surface area (Å²) in [6, 6.07) is 16.9. The summed E-state index contributed by atoms with van der Waals surface area (Å²) in [6.07, 6.45) is 1.74. The molecule has 31 heavy (non-hydrogen) atoms. The first kappa shape index (κ1) is 21.3. The minimum atomic E-state index is -0.0115. The maximum absolute atomic E-state index is 13.0. The van der Waals surface area contributed by atoms with Crippen LogP contribution < -0.4 is 0 Å². The van der Waals surface area contributed by atoms with Gasteiger partial charge in [0.05, 0.1) is 17.8 Å². The summed E-state index contributed by atoms with van der Waals surface area (Å²) in [5, 5.41) is 5.31. The zero-order valence-electron chi connectivity index (χ0n) is 17.8. The third kappa shape index (κ3) is 4.57. The molecule has 1 amide bonds. The molecule has 0 spiro atoms. The number of halogens is 1. The van der Waals surface area contributed by atoms with Crippen molar-refractivity contribution in [2.75, 3.05) is 13.1 Å². The van der Waals surface area contributed by atoms with Crippen molar-refractivity contribution < 1.29 is 9.59 Å². The van der Waals surface area contributed by atoms with Crippen LogP contribution in [0.25, 0.3) is 5.69 Å². The average molecular weight is 436 g/mol. The van der Waals surface area contributed by atoms with Gasteiger partial charge in [-0.05, 0) is 51.0 Å². The quantitative estimate of drug-likeness (QED) is 0.540. The lowest BCUT2D eigenvalue weighted by molar-refractivity contribution is -0.131. The van der Waals surface area contributed by atoms with Gasteiger partial charge in [0.15, 0.2) is 5.78 Å². The highest BCUT2D eigenvalue weighted by molar-refractivity contribution is 6.30. The number of aryl methyl sites for hydroxylation is 1. The number of Topliss-reactive ketones (excluding diaryl/α,β-unsaturated/α-hetero) is 1. The summed E-state index contributed by atoms with van der Waals surface area (Å²) in [7, 11) is 0. The molecular weight excluding hydrogens is 410 g/mol. The summed E-state index contributed by atoms with van der Waals surface area (Å²) < 4.78 is 1.86. The lowest BCUT2D eigenvalue weighted by atomic mass is 9.88. The van der Waals surface area contributed by atoms with Crippen molar-refractivity contribution in [2.45, 2.75) is 33.1 Å². The van der Waals surface area contributed by atoms with Gasteiger partial charge in [-0.1, -0.05) is 41.9 Å². The molecule has 4 rings (SSSR count). The molecule has 1 saturated heterocycles. The number of carbonyl (C=O) groups excluding carboxylic acids is 2. The van der Waals surface area contributed by atoms with Gasteiger partial charge in [0.25, 0.3) is 0 Å². The Morgan fingerprint density at radius 3 is 2.29 bits per heavy atom. The number of likely N-dealkylation sites (tertiary alicyclic amines) is 1. The molecule has 160 valence electrons. The first-order chi connectivity index (χ1) is 14.9. The number of carbonyl (C=O) groups is 2. The SMILES string of the molecule is Cc1nn(-c2ccc(Cl)cc2)c(C)c1CC(=O)N1CCC(C(=O)c2ccccc2)CC1. The molecule has 0 aliphatic carbocycles. The van der Waals surface area contributed by atoms with Gasteiger partial charge in [-0.15, -0.1) is 0 Å². The molecule has 0 radical (unpaired) electrons. The van der Waals surface area contributed by atoms with Crippen LogP contribution in [-0.2, 0) is 11.2 Å². The van der Waals surface area contributed by atoms with Gasteiger partial charge in [0, 0.05) is 40.9 Å². The number of benzene rings is 2. The van der Waals surface area contributed by atoms with Crippen molar-refractivity contribution in [3.8, 4) is 5.69 Å². The second kappa shape index (κ2) is 9.06. The highest BCUT2D eigenvalue weighted by Crippen LogP contribution is 2.24. The van der Waals surface area contributed by atoms with Gasteiger partial charge >= 0.3 is 0 Å². The predicted octanol–water partition coefficient (Wildman–Crippen LogP) is 4.81. The van der Waals surface area contributed by atoms with Gasteiger partial charge < -0.3 is 4.90 Å². The van der Waals surface area contributed by atoms with E-state index < -0.39 is 0 Å². The Hall–Kier alpha value is -2.92. The molecule has 1 aromatic heterocycles. The predicted molar refractivity (Wildman–Crippen MR) is 122 cm³/mol. The van der Waals surface area contributed by atoms with Crippen molar-refractivity contribution >= 4 is 23.3 Å². The summed E-state index contributed by atoms with van der Waals surface area (Å²) in [5.41, 5.74) is 4.46. The molecule has 3 aromatic rings. The molecule has 1 aliphatic heterocycles. The van der Waals surface area contributed by atoms with Crippen LogP contribution in [0, 0.1) is 19.8 Å². The van der Waals surface area contributed by atoms with Gasteiger partial charge in [-0.3, -0.25) is 9.59 Å². The van der Waals surface area contributed by atoms with Gasteiger partial charge in [0.2, 0.25) is 5.91 Å². The van der Waals surface area contributed by atoms with E-state index in [0.717, 1.165) is 28.2 Å². The minimum Gasteiger partial charge on any atom is -0.342 e. The summed E-state index contributed by atoms with van der Waals surface area (Å²) in [5.74, 6) is 0.263. The third-order valence-electron chi connectivity index (χ3n) is 6.12. The number of nitrogens with zero attached hydrogens (tertiary/aromatic N) is 3. The van der Waals surface area contributed by atoms with Crippen LogP contribution in [0.5, 0.6) is 0 Å². The van der Waals surface area contributed by atoms with E-state index in [1.165, 1.54) is 0 Å². The second-order valence-corrected chi connectivity index (χ2v) is 8.54. The van der Waals surface area contributed by atoms with Crippen molar-refractivity contribution in [2.24, 2.45) is 5.92 Å². The fourth-order valence-corrected chi connectivity index (χ4v) is 4.38. The smallest absolute Gasteiger partial charge is 0.227 e. The van der Waals surface area contributed by atoms with Crippen molar-refractivity contribution in [3.63, 3.8) is 0 Å². The van der Waals surface area contributed by atoms with Gasteiger partial charge in [-0.25, -0.2) is 4.68 Å². The van der Waals surface area contributed by atoms with Crippen molar-refractivity contribution in [1.82, 2.24) is 14.7 Å². The Balaban J connectivity index is 1.40. The Kier molecular flexibility index (Phi) is 6.23. The minimum absolute atomic E-state index is 0.0115. The van der Waals surface area contributed by atoms with E-state index >= 15 is 0 Å². The Morgan fingerprint density at radius 2 is 1.65 bits per heavy atom. The number of amides is 1. The van der Waals surface area contributed by atoms with E-state index in [9.17, 15) is 9.59 Å². The fraction of sp³-hybridized carbons (Fsp3) is 0.320. The van der Waals surface area contributed by atoms with Crippen molar-refractivity contribution in [1.29, 1.82) is 0 Å². The number of piperidine rings is 1. The number of hydrogen-bond donors (Lipinski definition) is 0. The van der Waals surface area contributed by atoms with Crippen LogP contribution in [0.3, 0.4) is 0 Å². The zero-order valence-corrected chi connectivity index (χ0v) is 18.6. The molecule has 0 bridgehead atoms. The van der Waals surface area contributed by atoms with E-state index in [2.05, 4.69) is 5.10 Å². The first-order valence-electron chi connectivity index (χ1n) is 10.6. The zero-order chi connectivity index (χ0) is 22.0. The number of ketones is 1. The molecule has 1 aliphatic rings. The molecule has 6 heteroatoms. The van der Waals surface area contributed by atoms with Crippen LogP contribution in [0.2, 0.25) is 5.02 Å². The average Bonchev–Trinajstić information content (AvgIpc) is 3.08. The first-order valence-corrected chi connectivity index (χ1v) is 11.0. The summed E-state index contributed by atoms with van der Waals surface area (Å²) in [6.45, 7) is 5.16. The van der Waals surface area contributed by atoms with Gasteiger partial charge in [0.1, 0.15) is 0 Å². The number of rotatable bonds is 5. The molecule has 0 atom stereocenters. The summed E-state index contributed by atoms with van der Waals surface area (Å²) in [4.78, 5) is 27.6. The standard InChI is InChI=1S/C25H26ClN3O2/c1-17-23(18(2)29(27-17)22-10-8-21(26)9-11-22)16-24(30)28-14-12-20(13-15-28)25(31)19-6-4-3-5-7-19/h3-11,20H,12-16H2,1-2H3. The monoisotopic (exact) mass is 435 g/mol. The maximum atomic E-state index is 13.0. The molecular formula is C25H26ClN3O2. The number of hydrogen-bond acceptors (Lipinski definition) is 3. The van der Waals surface area contributed by atoms with E-state index in [-0.39, 0.29) is 17.6 Å². The summed E-state index contributed by atoms with van der Waals surface area (Å²) >= 11 is 5.99. The maximum Gasteiger partial charge on any atom is 0.227 e. The lowest BCUT2D eigenvalue weighted by Gasteiger charge is -2.31. The Labute approximate surface area is 187 Å². The van der Waals surface area contributed by atoms with Crippen LogP contribution in [-0.4, -0.2) is 39.5 Å². The second-order valence-electron chi connectivity index (χ2n) is 8.10. The molecule has 1 fully saturated rings. The Morgan fingerprint density at radius 1 is 1.00 bits per heavy atom.